The molecule has 1 unspecified atom stereocenters. The molecule has 1 rings (SSSR count). The van der Waals surface area contributed by atoms with E-state index in [1.165, 1.54) is 0 Å². The van der Waals surface area contributed by atoms with Gasteiger partial charge in [0.25, 0.3) is 0 Å². The number of aryl methyl sites for hydroxylation is 2. The van der Waals surface area contributed by atoms with E-state index in [0.717, 1.165) is 29.8 Å². The van der Waals surface area contributed by atoms with Crippen molar-refractivity contribution in [3.05, 3.63) is 35.7 Å². The lowest BCUT2D eigenvalue weighted by Crippen LogP contribution is -2.28. The molecule has 0 aliphatic heterocycles. The molecule has 15 heavy (non-hydrogen) atoms. The van der Waals surface area contributed by atoms with Crippen LogP contribution in [0, 0.1) is 6.92 Å². The molecule has 0 saturated heterocycles. The summed E-state index contributed by atoms with van der Waals surface area (Å²) in [6, 6.07) is 2.10. The van der Waals surface area contributed by atoms with Gasteiger partial charge in [-0.1, -0.05) is 13.0 Å². The van der Waals surface area contributed by atoms with Crippen LogP contribution in [0.15, 0.2) is 18.7 Å². The summed E-state index contributed by atoms with van der Waals surface area (Å²) >= 11 is 0. The van der Waals surface area contributed by atoms with Crippen LogP contribution in [0.1, 0.15) is 36.3 Å². The van der Waals surface area contributed by atoms with E-state index in [-0.39, 0.29) is 6.04 Å². The van der Waals surface area contributed by atoms with Gasteiger partial charge < -0.3 is 0 Å². The van der Waals surface area contributed by atoms with Gasteiger partial charge in [0.15, 0.2) is 0 Å². The second-order valence-electron chi connectivity index (χ2n) is 3.48. The number of hydrazine groups is 1. The summed E-state index contributed by atoms with van der Waals surface area (Å²) in [4.78, 5) is 0. The third-order valence-corrected chi connectivity index (χ3v) is 2.34. The predicted molar refractivity (Wildman–Crippen MR) is 61.0 cm³/mol. The maximum atomic E-state index is 5.52. The highest BCUT2D eigenvalue weighted by Crippen LogP contribution is 2.19. The summed E-state index contributed by atoms with van der Waals surface area (Å²) in [5, 5.41) is 8.21. The Balaban J connectivity index is 3.07. The minimum Gasteiger partial charge on any atom is -0.271 e. The molecule has 1 atom stereocenters. The molecule has 4 nitrogen and oxygen atoms in total. The Hall–Kier alpha value is -1.26. The van der Waals surface area contributed by atoms with E-state index in [9.17, 15) is 0 Å². The van der Waals surface area contributed by atoms with Crippen LogP contribution in [-0.4, -0.2) is 10.2 Å². The zero-order chi connectivity index (χ0) is 11.3. The highest BCUT2D eigenvalue weighted by molar-refractivity contribution is 5.25. The number of aromatic nitrogens is 2. The van der Waals surface area contributed by atoms with Gasteiger partial charge in [-0.15, -0.1) is 6.58 Å². The minimum atomic E-state index is 0.0756. The van der Waals surface area contributed by atoms with Crippen molar-refractivity contribution in [1.82, 2.24) is 15.6 Å². The number of hydrogen-bond donors (Lipinski definition) is 2. The predicted octanol–water partition coefficient (Wildman–Crippen LogP) is 1.43. The van der Waals surface area contributed by atoms with E-state index < -0.39 is 0 Å². The quantitative estimate of drug-likeness (QED) is 0.434. The zero-order valence-electron chi connectivity index (χ0n) is 9.33. The topological polar surface area (TPSA) is 63.8 Å². The fraction of sp³-hybridized carbons (Fsp3) is 0.455. The molecule has 0 aromatic carbocycles. The molecular weight excluding hydrogens is 188 g/mol. The van der Waals surface area contributed by atoms with E-state index in [1.807, 2.05) is 19.1 Å². The van der Waals surface area contributed by atoms with Gasteiger partial charge in [0.2, 0.25) is 0 Å². The van der Waals surface area contributed by atoms with E-state index in [1.54, 1.807) is 0 Å². The average Bonchev–Trinajstić information content (AvgIpc) is 2.26. The first kappa shape index (κ1) is 11.8. The Kier molecular flexibility index (Phi) is 4.39. The number of nitrogens with two attached hydrogens (primary N) is 1. The smallest absolute Gasteiger partial charge is 0.0676 e. The van der Waals surface area contributed by atoms with Crippen LogP contribution in [-0.2, 0) is 6.42 Å². The number of hydrogen-bond acceptors (Lipinski definition) is 4. The first-order valence-corrected chi connectivity index (χ1v) is 5.13. The molecule has 0 saturated carbocycles. The van der Waals surface area contributed by atoms with Gasteiger partial charge >= 0.3 is 0 Å². The maximum absolute atomic E-state index is 5.52. The van der Waals surface area contributed by atoms with Crippen LogP contribution in [0.25, 0.3) is 0 Å². The summed E-state index contributed by atoms with van der Waals surface area (Å²) in [6.45, 7) is 7.71. The van der Waals surface area contributed by atoms with E-state index in [2.05, 4.69) is 29.1 Å². The first-order chi connectivity index (χ1) is 7.22. The second kappa shape index (κ2) is 5.58. The molecule has 0 aliphatic rings. The molecule has 82 valence electrons. The highest BCUT2D eigenvalue weighted by atomic mass is 15.2. The second-order valence-corrected chi connectivity index (χ2v) is 3.48. The van der Waals surface area contributed by atoms with Crippen molar-refractivity contribution >= 4 is 0 Å². The van der Waals surface area contributed by atoms with Crippen LogP contribution in [0.2, 0.25) is 0 Å². The lowest BCUT2D eigenvalue weighted by molar-refractivity contribution is 0.551. The van der Waals surface area contributed by atoms with E-state index >= 15 is 0 Å². The number of rotatable bonds is 5. The lowest BCUT2D eigenvalue weighted by Gasteiger charge is -2.17. The molecule has 1 aromatic rings. The molecule has 0 aliphatic carbocycles. The number of nitrogens with zero attached hydrogens (tertiary/aromatic N) is 2. The van der Waals surface area contributed by atoms with Gasteiger partial charge in [0, 0.05) is 0 Å². The van der Waals surface area contributed by atoms with Gasteiger partial charge in [0.1, 0.15) is 0 Å². The van der Waals surface area contributed by atoms with Gasteiger partial charge in [-0.05, 0) is 31.4 Å². The summed E-state index contributed by atoms with van der Waals surface area (Å²) in [6.07, 6.45) is 3.49. The van der Waals surface area contributed by atoms with Crippen molar-refractivity contribution in [2.45, 2.75) is 32.7 Å². The third-order valence-electron chi connectivity index (χ3n) is 2.34. The fourth-order valence-electron chi connectivity index (χ4n) is 1.56. The number of nitrogens with one attached hydrogen (secondary N) is 1. The monoisotopic (exact) mass is 206 g/mol. The Bertz CT molecular complexity index is 335. The van der Waals surface area contributed by atoms with Gasteiger partial charge in [-0.3, -0.25) is 11.3 Å². The Morgan fingerprint density at radius 2 is 2.33 bits per heavy atom. The van der Waals surface area contributed by atoms with Gasteiger partial charge in [-0.2, -0.15) is 10.2 Å². The SMILES string of the molecule is C=CCC(NN)c1cc(C)nnc1CC. The lowest BCUT2D eigenvalue weighted by atomic mass is 10.0. The van der Waals surface area contributed by atoms with Gasteiger partial charge in [0.05, 0.1) is 17.4 Å². The average molecular weight is 206 g/mol. The minimum absolute atomic E-state index is 0.0756. The van der Waals surface area contributed by atoms with E-state index in [4.69, 9.17) is 5.84 Å². The van der Waals surface area contributed by atoms with Crippen LogP contribution >= 0.6 is 0 Å². The maximum Gasteiger partial charge on any atom is 0.0676 e. The molecule has 0 spiro atoms. The van der Waals surface area contributed by atoms with Crippen LogP contribution in [0.3, 0.4) is 0 Å². The van der Waals surface area contributed by atoms with Crippen molar-refractivity contribution in [1.29, 1.82) is 0 Å². The Morgan fingerprint density at radius 3 is 2.87 bits per heavy atom. The van der Waals surface area contributed by atoms with Crippen molar-refractivity contribution in [3.8, 4) is 0 Å². The standard InChI is InChI=1S/C11H18N4/c1-4-6-11(13-12)9-7-8(3)14-15-10(9)5-2/h4,7,11,13H,1,5-6,12H2,2-3H3. The Morgan fingerprint density at radius 1 is 1.60 bits per heavy atom. The summed E-state index contributed by atoms with van der Waals surface area (Å²) in [5.41, 5.74) is 5.80. The van der Waals surface area contributed by atoms with Gasteiger partial charge in [-0.25, -0.2) is 0 Å². The normalized spacial score (nSPS) is 12.5. The summed E-state index contributed by atoms with van der Waals surface area (Å²) in [7, 11) is 0. The highest BCUT2D eigenvalue weighted by Gasteiger charge is 2.13. The fourth-order valence-corrected chi connectivity index (χ4v) is 1.56. The Labute approximate surface area is 90.6 Å². The molecule has 0 radical (unpaired) electrons. The summed E-state index contributed by atoms with van der Waals surface area (Å²) < 4.78 is 0. The van der Waals surface area contributed by atoms with E-state index in [0.29, 0.717) is 0 Å². The molecule has 0 amide bonds. The van der Waals surface area contributed by atoms with Crippen molar-refractivity contribution in [2.75, 3.05) is 0 Å². The van der Waals surface area contributed by atoms with Crippen LogP contribution < -0.4 is 11.3 Å². The largest absolute Gasteiger partial charge is 0.271 e. The van der Waals surface area contributed by atoms with Crippen LogP contribution in [0.4, 0.5) is 0 Å². The molecule has 1 aromatic heterocycles. The van der Waals surface area contributed by atoms with Crippen molar-refractivity contribution in [3.63, 3.8) is 0 Å². The first-order valence-electron chi connectivity index (χ1n) is 5.13. The molecular formula is C11H18N4. The van der Waals surface area contributed by atoms with Crippen LogP contribution in [0.5, 0.6) is 0 Å². The molecule has 3 N–H and O–H groups in total. The van der Waals surface area contributed by atoms with Crippen molar-refractivity contribution in [2.24, 2.45) is 5.84 Å². The molecule has 1 heterocycles. The molecule has 0 bridgehead atoms. The third kappa shape index (κ3) is 2.84. The zero-order valence-corrected chi connectivity index (χ0v) is 9.33. The summed E-state index contributed by atoms with van der Waals surface area (Å²) in [5.74, 6) is 5.52. The van der Waals surface area contributed by atoms with Crippen molar-refractivity contribution < 1.29 is 0 Å². The molecule has 0 fully saturated rings. The molecule has 4 heteroatoms.